The molecule has 0 amide bonds. The first kappa shape index (κ1) is 13.1. The second kappa shape index (κ2) is 5.64. The van der Waals surface area contributed by atoms with E-state index < -0.39 is 0 Å². The molecule has 104 valence electrons. The Morgan fingerprint density at radius 3 is 2.75 bits per heavy atom. The number of benzene rings is 1. The number of morpholine rings is 1. The van der Waals surface area contributed by atoms with Gasteiger partial charge in [0, 0.05) is 13.1 Å². The zero-order chi connectivity index (χ0) is 13.9. The van der Waals surface area contributed by atoms with Gasteiger partial charge in [0.25, 0.3) is 0 Å². The predicted octanol–water partition coefficient (Wildman–Crippen LogP) is 1.41. The Balaban J connectivity index is 1.83. The van der Waals surface area contributed by atoms with E-state index in [-0.39, 0.29) is 5.82 Å². The molecular weight excluding hydrogens is 279 g/mol. The van der Waals surface area contributed by atoms with Crippen molar-refractivity contribution < 1.29 is 9.13 Å². The summed E-state index contributed by atoms with van der Waals surface area (Å²) in [6.07, 6.45) is 1.47. The van der Waals surface area contributed by atoms with Crippen molar-refractivity contribution >= 4 is 17.2 Å². The first-order valence-corrected chi connectivity index (χ1v) is 6.70. The average Bonchev–Trinajstić information content (AvgIpc) is 2.97. The monoisotopic (exact) mass is 292 g/mol. The van der Waals surface area contributed by atoms with E-state index in [1.54, 1.807) is 18.2 Å². The standard InChI is InChI=1S/C13H13FN4OS/c14-10-3-1-2-4-11(10)18-9-15-12(16-18)13(20)17-5-7-19-8-6-17/h1-4,9H,5-8H2. The highest BCUT2D eigenvalue weighted by molar-refractivity contribution is 7.80. The zero-order valence-electron chi connectivity index (χ0n) is 10.7. The number of thiocarbonyl (C=S) groups is 1. The number of hydrogen-bond acceptors (Lipinski definition) is 4. The Labute approximate surface area is 121 Å². The summed E-state index contributed by atoms with van der Waals surface area (Å²) in [7, 11) is 0. The number of rotatable bonds is 2. The van der Waals surface area contributed by atoms with Crippen molar-refractivity contribution in [2.24, 2.45) is 0 Å². The summed E-state index contributed by atoms with van der Waals surface area (Å²) >= 11 is 5.37. The van der Waals surface area contributed by atoms with Crippen LogP contribution >= 0.6 is 12.2 Å². The molecule has 0 N–H and O–H groups in total. The molecule has 0 radical (unpaired) electrons. The van der Waals surface area contributed by atoms with Crippen LogP contribution in [0, 0.1) is 5.82 Å². The van der Waals surface area contributed by atoms with Crippen LogP contribution in [0.1, 0.15) is 5.82 Å². The topological polar surface area (TPSA) is 43.2 Å². The largest absolute Gasteiger partial charge is 0.378 e. The van der Waals surface area contributed by atoms with Crippen LogP contribution in [0.15, 0.2) is 30.6 Å². The van der Waals surface area contributed by atoms with Gasteiger partial charge in [-0.1, -0.05) is 24.4 Å². The number of ether oxygens (including phenoxy) is 1. The van der Waals surface area contributed by atoms with Gasteiger partial charge in [0.15, 0.2) is 0 Å². The molecule has 1 aromatic heterocycles. The fourth-order valence-corrected chi connectivity index (χ4v) is 2.30. The molecule has 5 nitrogen and oxygen atoms in total. The maximum atomic E-state index is 13.7. The van der Waals surface area contributed by atoms with Crippen LogP contribution in [0.2, 0.25) is 0 Å². The van der Waals surface area contributed by atoms with Gasteiger partial charge in [-0.25, -0.2) is 14.1 Å². The summed E-state index contributed by atoms with van der Waals surface area (Å²) in [4.78, 5) is 6.74. The second-order valence-electron chi connectivity index (χ2n) is 4.37. The third kappa shape index (κ3) is 2.54. The molecule has 1 saturated heterocycles. The van der Waals surface area contributed by atoms with Gasteiger partial charge in [-0.05, 0) is 12.1 Å². The van der Waals surface area contributed by atoms with Crippen LogP contribution in [-0.2, 0) is 4.74 Å². The van der Waals surface area contributed by atoms with Gasteiger partial charge in [0.05, 0.1) is 13.2 Å². The van der Waals surface area contributed by atoms with Gasteiger partial charge in [-0.15, -0.1) is 5.10 Å². The fourth-order valence-electron chi connectivity index (χ4n) is 2.02. The van der Waals surface area contributed by atoms with E-state index in [1.165, 1.54) is 17.1 Å². The van der Waals surface area contributed by atoms with Crippen molar-refractivity contribution in [1.82, 2.24) is 19.7 Å². The number of aromatic nitrogens is 3. The molecule has 1 fully saturated rings. The Morgan fingerprint density at radius 2 is 2.00 bits per heavy atom. The van der Waals surface area contributed by atoms with Crippen molar-refractivity contribution in [2.75, 3.05) is 26.3 Å². The fraction of sp³-hybridized carbons (Fsp3) is 0.308. The molecule has 0 unspecified atom stereocenters. The summed E-state index contributed by atoms with van der Waals surface area (Å²) < 4.78 is 20.4. The first-order chi connectivity index (χ1) is 9.75. The van der Waals surface area contributed by atoms with E-state index in [0.29, 0.717) is 29.7 Å². The highest BCUT2D eigenvalue weighted by Gasteiger charge is 2.18. The quantitative estimate of drug-likeness (QED) is 0.783. The molecule has 3 rings (SSSR count). The Hall–Kier alpha value is -1.86. The molecule has 7 heteroatoms. The van der Waals surface area contributed by atoms with Crippen molar-refractivity contribution in [3.8, 4) is 5.69 Å². The molecule has 1 aromatic carbocycles. The lowest BCUT2D eigenvalue weighted by Crippen LogP contribution is -2.40. The first-order valence-electron chi connectivity index (χ1n) is 6.29. The van der Waals surface area contributed by atoms with Crippen LogP contribution in [0.25, 0.3) is 5.69 Å². The summed E-state index contributed by atoms with van der Waals surface area (Å²) in [6.45, 7) is 2.75. The van der Waals surface area contributed by atoms with Crippen LogP contribution in [-0.4, -0.2) is 51.0 Å². The number of halogens is 1. The number of hydrogen-bond donors (Lipinski definition) is 0. The highest BCUT2D eigenvalue weighted by atomic mass is 32.1. The van der Waals surface area contributed by atoms with E-state index in [9.17, 15) is 4.39 Å². The molecule has 2 heterocycles. The molecule has 2 aromatic rings. The lowest BCUT2D eigenvalue weighted by Gasteiger charge is -2.27. The van der Waals surface area contributed by atoms with Gasteiger partial charge in [0.2, 0.25) is 5.82 Å². The lowest BCUT2D eigenvalue weighted by molar-refractivity contribution is 0.0691. The smallest absolute Gasteiger partial charge is 0.209 e. The summed E-state index contributed by atoms with van der Waals surface area (Å²) in [5.74, 6) is 0.0893. The number of para-hydroxylation sites is 1. The minimum absolute atomic E-state index is 0.346. The molecule has 0 aliphatic carbocycles. The van der Waals surface area contributed by atoms with Gasteiger partial charge >= 0.3 is 0 Å². The van der Waals surface area contributed by atoms with E-state index in [2.05, 4.69) is 10.1 Å². The molecule has 1 aliphatic heterocycles. The van der Waals surface area contributed by atoms with Crippen molar-refractivity contribution in [3.63, 3.8) is 0 Å². The SMILES string of the molecule is Fc1ccccc1-n1cnc(C(=S)N2CCOCC2)n1. The van der Waals surface area contributed by atoms with Gasteiger partial charge < -0.3 is 9.64 Å². The second-order valence-corrected chi connectivity index (χ2v) is 4.76. The molecule has 0 atom stereocenters. The van der Waals surface area contributed by atoms with Crippen LogP contribution in [0.4, 0.5) is 4.39 Å². The average molecular weight is 292 g/mol. The van der Waals surface area contributed by atoms with Crippen molar-refractivity contribution in [1.29, 1.82) is 0 Å². The van der Waals surface area contributed by atoms with E-state index in [4.69, 9.17) is 17.0 Å². The van der Waals surface area contributed by atoms with E-state index >= 15 is 0 Å². The zero-order valence-corrected chi connectivity index (χ0v) is 11.5. The van der Waals surface area contributed by atoms with Crippen LogP contribution < -0.4 is 0 Å². The third-order valence-electron chi connectivity index (χ3n) is 3.08. The normalized spacial score (nSPS) is 15.3. The van der Waals surface area contributed by atoms with Crippen molar-refractivity contribution in [3.05, 3.63) is 42.2 Å². The van der Waals surface area contributed by atoms with Crippen LogP contribution in [0.5, 0.6) is 0 Å². The molecule has 0 spiro atoms. The van der Waals surface area contributed by atoms with Gasteiger partial charge in [0.1, 0.15) is 22.8 Å². The minimum Gasteiger partial charge on any atom is -0.378 e. The van der Waals surface area contributed by atoms with E-state index in [0.717, 1.165) is 13.1 Å². The molecule has 0 saturated carbocycles. The van der Waals surface area contributed by atoms with Crippen LogP contribution in [0.3, 0.4) is 0 Å². The molecule has 0 bridgehead atoms. The van der Waals surface area contributed by atoms with E-state index in [1.807, 2.05) is 4.90 Å². The highest BCUT2D eigenvalue weighted by Crippen LogP contribution is 2.12. The van der Waals surface area contributed by atoms with Crippen molar-refractivity contribution in [2.45, 2.75) is 0 Å². The Bertz CT molecular complexity index is 624. The summed E-state index contributed by atoms with van der Waals surface area (Å²) in [5.41, 5.74) is 0.357. The Kier molecular flexibility index (Phi) is 3.70. The lowest BCUT2D eigenvalue weighted by atomic mass is 10.3. The third-order valence-corrected chi connectivity index (χ3v) is 3.52. The minimum atomic E-state index is -0.346. The summed E-state index contributed by atoms with van der Waals surface area (Å²) in [5, 5.41) is 4.26. The van der Waals surface area contributed by atoms with Gasteiger partial charge in [-0.2, -0.15) is 0 Å². The maximum absolute atomic E-state index is 13.7. The van der Waals surface area contributed by atoms with Gasteiger partial charge in [-0.3, -0.25) is 0 Å². The summed E-state index contributed by atoms with van der Waals surface area (Å²) in [6, 6.07) is 6.41. The Morgan fingerprint density at radius 1 is 1.25 bits per heavy atom. The molecule has 20 heavy (non-hydrogen) atoms. The molecular formula is C13H13FN4OS. The number of nitrogens with zero attached hydrogens (tertiary/aromatic N) is 4. The molecule has 1 aliphatic rings. The predicted molar refractivity (Wildman–Crippen MR) is 75.4 cm³/mol. The maximum Gasteiger partial charge on any atom is 0.209 e.